The minimum atomic E-state index is -3.67. The first-order valence-electron chi connectivity index (χ1n) is 9.76. The smallest absolute Gasteiger partial charge is 0.277 e. The lowest BCUT2D eigenvalue weighted by molar-refractivity contribution is -0.127. The van der Waals surface area contributed by atoms with Gasteiger partial charge in [-0.15, -0.1) is 10.2 Å². The summed E-state index contributed by atoms with van der Waals surface area (Å²) in [7, 11) is -3.67. The number of hydrogen-bond donors (Lipinski definition) is 1. The van der Waals surface area contributed by atoms with Crippen LogP contribution in [0.1, 0.15) is 19.4 Å². The second-order valence-electron chi connectivity index (χ2n) is 6.72. The van der Waals surface area contributed by atoms with Crippen LogP contribution in [0.2, 0.25) is 0 Å². The molecule has 3 rings (SSSR count). The Balaban J connectivity index is 1.64. The molecule has 3 aromatic rings. The number of rotatable bonds is 9. The SMILES string of the molecule is CCN(CC)C(=O)CSc1nnc(-c2ccc(NS(=O)(=O)c3ccc(C)cc3)cc2)o1. The van der Waals surface area contributed by atoms with Gasteiger partial charge in [0, 0.05) is 24.3 Å². The molecule has 164 valence electrons. The second-order valence-corrected chi connectivity index (χ2v) is 9.33. The summed E-state index contributed by atoms with van der Waals surface area (Å²) in [5.41, 5.74) is 2.05. The molecular weight excluding hydrogens is 436 g/mol. The van der Waals surface area contributed by atoms with E-state index in [1.807, 2.05) is 20.8 Å². The molecule has 0 saturated heterocycles. The number of anilines is 1. The van der Waals surface area contributed by atoms with Gasteiger partial charge in [0.2, 0.25) is 11.8 Å². The van der Waals surface area contributed by atoms with Gasteiger partial charge in [-0.3, -0.25) is 9.52 Å². The molecule has 10 heteroatoms. The summed E-state index contributed by atoms with van der Waals surface area (Å²) >= 11 is 1.19. The zero-order valence-electron chi connectivity index (χ0n) is 17.5. The van der Waals surface area contributed by atoms with Gasteiger partial charge in [-0.2, -0.15) is 0 Å². The zero-order valence-corrected chi connectivity index (χ0v) is 19.2. The van der Waals surface area contributed by atoms with Crippen LogP contribution in [0, 0.1) is 6.92 Å². The highest BCUT2D eigenvalue weighted by Crippen LogP contribution is 2.25. The third-order valence-electron chi connectivity index (χ3n) is 4.56. The number of benzene rings is 2. The number of aromatic nitrogens is 2. The van der Waals surface area contributed by atoms with Crippen LogP contribution in [0.4, 0.5) is 5.69 Å². The Hall–Kier alpha value is -2.85. The molecule has 0 saturated carbocycles. The molecule has 0 aliphatic heterocycles. The molecule has 0 aliphatic rings. The highest BCUT2D eigenvalue weighted by molar-refractivity contribution is 7.99. The molecule has 0 aliphatic carbocycles. The largest absolute Gasteiger partial charge is 0.411 e. The first-order chi connectivity index (χ1) is 14.8. The Morgan fingerprint density at radius 3 is 2.29 bits per heavy atom. The van der Waals surface area contributed by atoms with E-state index in [9.17, 15) is 13.2 Å². The highest BCUT2D eigenvalue weighted by atomic mass is 32.2. The molecule has 0 atom stereocenters. The summed E-state index contributed by atoms with van der Waals surface area (Å²) in [4.78, 5) is 14.0. The molecule has 1 aromatic heterocycles. The minimum absolute atomic E-state index is 0.0139. The number of carbonyl (C=O) groups excluding carboxylic acids is 1. The summed E-state index contributed by atoms with van der Waals surface area (Å²) in [6.07, 6.45) is 0. The average molecular weight is 461 g/mol. The van der Waals surface area contributed by atoms with Crippen LogP contribution in [0.15, 0.2) is 63.1 Å². The maximum Gasteiger partial charge on any atom is 0.277 e. The monoisotopic (exact) mass is 460 g/mol. The fourth-order valence-electron chi connectivity index (χ4n) is 2.79. The van der Waals surface area contributed by atoms with Gasteiger partial charge < -0.3 is 9.32 Å². The van der Waals surface area contributed by atoms with E-state index in [1.165, 1.54) is 11.8 Å². The number of amides is 1. The van der Waals surface area contributed by atoms with Crippen LogP contribution in [0.25, 0.3) is 11.5 Å². The molecule has 1 heterocycles. The number of hydrogen-bond acceptors (Lipinski definition) is 7. The van der Waals surface area contributed by atoms with E-state index in [2.05, 4.69) is 14.9 Å². The average Bonchev–Trinajstić information content (AvgIpc) is 3.23. The lowest BCUT2D eigenvalue weighted by Crippen LogP contribution is -2.31. The molecule has 31 heavy (non-hydrogen) atoms. The van der Waals surface area contributed by atoms with Gasteiger partial charge in [-0.25, -0.2) is 8.42 Å². The van der Waals surface area contributed by atoms with Crippen molar-refractivity contribution < 1.29 is 17.6 Å². The standard InChI is InChI=1S/C21H24N4O4S2/c1-4-25(5-2)19(26)14-30-21-23-22-20(29-21)16-8-10-17(11-9-16)24-31(27,28)18-12-6-15(3)7-13-18/h6-13,24H,4-5,14H2,1-3H3. The number of carbonyl (C=O) groups is 1. The van der Waals surface area contributed by atoms with E-state index in [-0.39, 0.29) is 16.6 Å². The molecule has 0 spiro atoms. The zero-order chi connectivity index (χ0) is 22.4. The van der Waals surface area contributed by atoms with Crippen molar-refractivity contribution in [1.29, 1.82) is 0 Å². The van der Waals surface area contributed by atoms with Crippen LogP contribution < -0.4 is 4.72 Å². The van der Waals surface area contributed by atoms with E-state index in [0.717, 1.165) is 5.56 Å². The number of nitrogens with zero attached hydrogens (tertiary/aromatic N) is 3. The van der Waals surface area contributed by atoms with Crippen LogP contribution in [0.5, 0.6) is 0 Å². The molecule has 8 nitrogen and oxygen atoms in total. The van der Waals surface area contributed by atoms with Gasteiger partial charge in [0.15, 0.2) is 0 Å². The maximum atomic E-state index is 12.5. The first kappa shape index (κ1) is 22.8. The van der Waals surface area contributed by atoms with Gasteiger partial charge >= 0.3 is 0 Å². The van der Waals surface area contributed by atoms with Crippen LogP contribution in [-0.4, -0.2) is 48.3 Å². The first-order valence-corrected chi connectivity index (χ1v) is 12.2. The summed E-state index contributed by atoms with van der Waals surface area (Å²) in [5.74, 6) is 0.536. The van der Waals surface area contributed by atoms with Crippen molar-refractivity contribution in [2.24, 2.45) is 0 Å². The van der Waals surface area contributed by atoms with Crippen molar-refractivity contribution in [3.63, 3.8) is 0 Å². The lowest BCUT2D eigenvalue weighted by Gasteiger charge is -2.17. The molecule has 0 fully saturated rings. The third kappa shape index (κ3) is 5.86. The second kappa shape index (κ2) is 9.97. The number of aryl methyl sites for hydroxylation is 1. The molecule has 0 radical (unpaired) electrons. The Morgan fingerprint density at radius 2 is 1.68 bits per heavy atom. The molecule has 1 N–H and O–H groups in total. The van der Waals surface area contributed by atoms with Crippen LogP contribution in [0.3, 0.4) is 0 Å². The predicted octanol–water partition coefficient (Wildman–Crippen LogP) is 3.81. The van der Waals surface area contributed by atoms with Crippen LogP contribution >= 0.6 is 11.8 Å². The predicted molar refractivity (Wildman–Crippen MR) is 120 cm³/mol. The fraction of sp³-hybridized carbons (Fsp3) is 0.286. The molecular formula is C21H24N4O4S2. The maximum absolute atomic E-state index is 12.5. The van der Waals surface area contributed by atoms with E-state index in [1.54, 1.807) is 53.4 Å². The van der Waals surface area contributed by atoms with Crippen molar-refractivity contribution in [2.75, 3.05) is 23.6 Å². The molecule has 0 unspecified atom stereocenters. The highest BCUT2D eigenvalue weighted by Gasteiger charge is 2.16. The van der Waals surface area contributed by atoms with Gasteiger partial charge in [0.05, 0.1) is 10.6 Å². The quantitative estimate of drug-likeness (QED) is 0.484. The van der Waals surface area contributed by atoms with Crippen molar-refractivity contribution in [3.8, 4) is 11.5 Å². The van der Waals surface area contributed by atoms with Crippen LogP contribution in [-0.2, 0) is 14.8 Å². The lowest BCUT2D eigenvalue weighted by atomic mass is 10.2. The number of nitrogens with one attached hydrogen (secondary N) is 1. The number of thioether (sulfide) groups is 1. The van der Waals surface area contributed by atoms with Gasteiger partial charge in [0.1, 0.15) is 0 Å². The van der Waals surface area contributed by atoms with Crippen molar-refractivity contribution in [3.05, 3.63) is 54.1 Å². The van der Waals surface area contributed by atoms with Crippen molar-refractivity contribution >= 4 is 33.4 Å². The Labute approximate surface area is 186 Å². The Kier molecular flexibility index (Phi) is 7.34. The summed E-state index contributed by atoms with van der Waals surface area (Å²) in [6, 6.07) is 13.3. The Morgan fingerprint density at radius 1 is 1.03 bits per heavy atom. The van der Waals surface area contributed by atoms with Crippen molar-refractivity contribution in [1.82, 2.24) is 15.1 Å². The molecule has 0 bridgehead atoms. The van der Waals surface area contributed by atoms with E-state index in [4.69, 9.17) is 4.42 Å². The minimum Gasteiger partial charge on any atom is -0.411 e. The third-order valence-corrected chi connectivity index (χ3v) is 6.76. The topological polar surface area (TPSA) is 105 Å². The van der Waals surface area contributed by atoms with Crippen molar-refractivity contribution in [2.45, 2.75) is 30.9 Å². The molecule has 1 amide bonds. The Bertz CT molecular complexity index is 1120. The molecule has 2 aromatic carbocycles. The van der Waals surface area contributed by atoms with Gasteiger partial charge in [-0.1, -0.05) is 29.5 Å². The number of sulfonamides is 1. The van der Waals surface area contributed by atoms with E-state index in [0.29, 0.717) is 35.5 Å². The summed E-state index contributed by atoms with van der Waals surface area (Å²) in [5, 5.41) is 8.28. The normalized spacial score (nSPS) is 11.3. The van der Waals surface area contributed by atoms with Gasteiger partial charge in [0.25, 0.3) is 15.2 Å². The fourth-order valence-corrected chi connectivity index (χ4v) is 4.51. The van der Waals surface area contributed by atoms with E-state index < -0.39 is 10.0 Å². The summed E-state index contributed by atoms with van der Waals surface area (Å²) < 4.78 is 33.2. The summed E-state index contributed by atoms with van der Waals surface area (Å²) in [6.45, 7) is 7.08. The van der Waals surface area contributed by atoms with Gasteiger partial charge in [-0.05, 0) is 57.2 Å². The van der Waals surface area contributed by atoms with E-state index >= 15 is 0 Å².